The van der Waals surface area contributed by atoms with Crippen molar-refractivity contribution in [3.8, 4) is 0 Å². The second kappa shape index (κ2) is 39.2. The molecule has 0 spiro atoms. The number of esters is 2. The van der Waals surface area contributed by atoms with Gasteiger partial charge in [-0.15, -0.1) is 0 Å². The number of carbonyl (C=O) groups excluding carboxylic acids is 2. The summed E-state index contributed by atoms with van der Waals surface area (Å²) in [6.07, 6.45) is 40.9. The van der Waals surface area contributed by atoms with Gasteiger partial charge in [-0.1, -0.05) is 190 Å². The molecule has 306 valence electrons. The van der Waals surface area contributed by atoms with Gasteiger partial charge in [-0.2, -0.15) is 0 Å². The monoisotopic (exact) mass is 747 g/mol. The minimum atomic E-state index is -1.09. The zero-order chi connectivity index (χ0) is 39.0. The normalized spacial score (nSPS) is 14.6. The van der Waals surface area contributed by atoms with Crippen LogP contribution in [-0.2, 0) is 19.1 Å². The Hall–Kier alpha value is -2.52. The number of aliphatic hydroxyl groups is 4. The molecule has 0 fully saturated rings. The quantitative estimate of drug-likeness (QED) is 0.0214. The van der Waals surface area contributed by atoms with E-state index in [-0.39, 0.29) is 25.9 Å². The highest BCUT2D eigenvalue weighted by Gasteiger charge is 2.17. The van der Waals surface area contributed by atoms with Gasteiger partial charge < -0.3 is 29.9 Å². The lowest BCUT2D eigenvalue weighted by Crippen LogP contribution is -2.28. The van der Waals surface area contributed by atoms with Gasteiger partial charge in [0.1, 0.15) is 6.61 Å². The Morgan fingerprint density at radius 1 is 0.566 bits per heavy atom. The molecule has 0 aliphatic heterocycles. The van der Waals surface area contributed by atoms with Gasteiger partial charge in [0, 0.05) is 12.8 Å². The highest BCUT2D eigenvalue weighted by molar-refractivity contribution is 5.70. The minimum Gasteiger partial charge on any atom is -0.462 e. The van der Waals surface area contributed by atoms with Gasteiger partial charge in [-0.25, -0.2) is 0 Å². The first-order valence-corrected chi connectivity index (χ1v) is 21.2. The van der Waals surface area contributed by atoms with E-state index in [1.54, 1.807) is 42.5 Å². The van der Waals surface area contributed by atoms with Crippen LogP contribution in [0.25, 0.3) is 0 Å². The Kier molecular flexibility index (Phi) is 37.3. The molecule has 0 radical (unpaired) electrons. The maximum atomic E-state index is 12.2. The third-order valence-corrected chi connectivity index (χ3v) is 9.17. The Morgan fingerprint density at radius 2 is 1.04 bits per heavy atom. The molecular formula is C45H78O8. The van der Waals surface area contributed by atoms with Crippen molar-refractivity contribution in [2.75, 3.05) is 13.2 Å². The van der Waals surface area contributed by atoms with Crippen LogP contribution in [0, 0.1) is 0 Å². The van der Waals surface area contributed by atoms with Crippen molar-refractivity contribution in [3.63, 3.8) is 0 Å². The predicted octanol–water partition coefficient (Wildman–Crippen LogP) is 10.1. The van der Waals surface area contributed by atoms with Gasteiger partial charge in [0.05, 0.1) is 24.9 Å². The Bertz CT molecular complexity index is 985. The molecule has 0 aliphatic carbocycles. The smallest absolute Gasteiger partial charge is 0.306 e. The van der Waals surface area contributed by atoms with Gasteiger partial charge in [-0.3, -0.25) is 9.59 Å². The second-order valence-corrected chi connectivity index (χ2v) is 14.3. The zero-order valence-corrected chi connectivity index (χ0v) is 33.6. The van der Waals surface area contributed by atoms with Crippen molar-refractivity contribution < 1.29 is 39.5 Å². The van der Waals surface area contributed by atoms with Crippen LogP contribution in [0.1, 0.15) is 174 Å². The van der Waals surface area contributed by atoms with Crippen molar-refractivity contribution in [2.45, 2.75) is 199 Å². The molecule has 0 bridgehead atoms. The molecule has 0 saturated heterocycles. The molecule has 0 aliphatic rings. The summed E-state index contributed by atoms with van der Waals surface area (Å²) in [6.45, 7) is 3.66. The SMILES string of the molecule is CC/C=C\C[C@@H](O)/C=C/C=C/C=C\C=C/[C@H](O)[C@@H](O)CCCC(=O)OC[C@H](CO)OC(=O)CCCCCCCCCCCCCCCCCCCCC. The van der Waals surface area contributed by atoms with E-state index in [4.69, 9.17) is 9.47 Å². The van der Waals surface area contributed by atoms with E-state index < -0.39 is 43.0 Å². The number of hydrogen-bond acceptors (Lipinski definition) is 8. The first-order chi connectivity index (χ1) is 25.8. The number of ether oxygens (including phenoxy) is 2. The Balaban J connectivity index is 3.83. The van der Waals surface area contributed by atoms with Crippen molar-refractivity contribution in [2.24, 2.45) is 0 Å². The van der Waals surface area contributed by atoms with E-state index in [1.165, 1.54) is 109 Å². The van der Waals surface area contributed by atoms with Gasteiger partial charge in [0.15, 0.2) is 6.10 Å². The maximum Gasteiger partial charge on any atom is 0.306 e. The van der Waals surface area contributed by atoms with Crippen LogP contribution in [0.5, 0.6) is 0 Å². The van der Waals surface area contributed by atoms with Crippen molar-refractivity contribution in [1.82, 2.24) is 0 Å². The molecule has 4 atom stereocenters. The van der Waals surface area contributed by atoms with E-state index in [1.807, 2.05) is 19.1 Å². The standard InChI is InChI=1S/C45H78O8/c1-3-5-7-8-9-10-11-12-13-14-15-16-17-18-19-20-21-26-30-36-45(51)53-41(38-46)39-52-44(50)37-31-35-43(49)42(48)34-29-25-23-22-24-28-33-40(47)32-27-6-4-2/h6,22-25,27-29,33-34,40-43,46-49H,3-5,7-21,26,30-32,35-39H2,1-2H3/b24-22+,25-23-,27-6-,33-28+,34-29-/t40-,41+,42+,43+/m1/s1. The summed E-state index contributed by atoms with van der Waals surface area (Å²) in [5.74, 6) is -0.921. The topological polar surface area (TPSA) is 134 Å². The lowest BCUT2D eigenvalue weighted by atomic mass is 10.0. The van der Waals surface area contributed by atoms with Crippen LogP contribution in [0.15, 0.2) is 60.8 Å². The summed E-state index contributed by atoms with van der Waals surface area (Å²) in [6, 6.07) is 0. The first kappa shape index (κ1) is 50.5. The number of rotatable bonds is 37. The van der Waals surface area contributed by atoms with E-state index in [0.717, 1.165) is 25.7 Å². The number of unbranched alkanes of at least 4 members (excludes halogenated alkanes) is 18. The highest BCUT2D eigenvalue weighted by Crippen LogP contribution is 2.15. The van der Waals surface area contributed by atoms with Crippen LogP contribution >= 0.6 is 0 Å². The molecule has 0 heterocycles. The van der Waals surface area contributed by atoms with Crippen molar-refractivity contribution in [3.05, 3.63) is 60.8 Å². The van der Waals surface area contributed by atoms with Crippen LogP contribution in [0.3, 0.4) is 0 Å². The predicted molar refractivity (Wildman–Crippen MR) is 218 cm³/mol. The number of allylic oxidation sites excluding steroid dienone is 7. The first-order valence-electron chi connectivity index (χ1n) is 21.2. The van der Waals surface area contributed by atoms with E-state index >= 15 is 0 Å². The Morgan fingerprint density at radius 3 is 1.55 bits per heavy atom. The summed E-state index contributed by atoms with van der Waals surface area (Å²) in [4.78, 5) is 24.3. The molecule has 0 rings (SSSR count). The average Bonchev–Trinajstić information content (AvgIpc) is 3.15. The maximum absolute atomic E-state index is 12.2. The van der Waals surface area contributed by atoms with E-state index in [0.29, 0.717) is 12.8 Å². The van der Waals surface area contributed by atoms with E-state index in [9.17, 15) is 30.0 Å². The summed E-state index contributed by atoms with van der Waals surface area (Å²) >= 11 is 0. The van der Waals surface area contributed by atoms with Crippen LogP contribution in [0.2, 0.25) is 0 Å². The summed E-state index contributed by atoms with van der Waals surface area (Å²) < 4.78 is 10.5. The number of carbonyl (C=O) groups is 2. The average molecular weight is 747 g/mol. The largest absolute Gasteiger partial charge is 0.462 e. The highest BCUT2D eigenvalue weighted by atomic mass is 16.6. The number of hydrogen-bond donors (Lipinski definition) is 4. The van der Waals surface area contributed by atoms with Gasteiger partial charge in [0.2, 0.25) is 0 Å². The molecule has 0 aromatic rings. The third-order valence-electron chi connectivity index (χ3n) is 9.17. The summed E-state index contributed by atoms with van der Waals surface area (Å²) in [5.41, 5.74) is 0. The molecule has 0 aromatic heterocycles. The summed E-state index contributed by atoms with van der Waals surface area (Å²) in [5, 5.41) is 39.7. The van der Waals surface area contributed by atoms with E-state index in [2.05, 4.69) is 6.92 Å². The second-order valence-electron chi connectivity index (χ2n) is 14.3. The van der Waals surface area contributed by atoms with Gasteiger partial charge in [0.25, 0.3) is 0 Å². The van der Waals surface area contributed by atoms with Crippen LogP contribution in [-0.4, -0.2) is 70.0 Å². The lowest BCUT2D eigenvalue weighted by Gasteiger charge is -2.16. The van der Waals surface area contributed by atoms with Crippen molar-refractivity contribution in [1.29, 1.82) is 0 Å². The fourth-order valence-electron chi connectivity index (χ4n) is 5.84. The molecule has 0 amide bonds. The third kappa shape index (κ3) is 36.2. The fraction of sp³-hybridized carbons (Fsp3) is 0.733. The summed E-state index contributed by atoms with van der Waals surface area (Å²) in [7, 11) is 0. The molecule has 0 aromatic carbocycles. The Labute approximate surface area is 323 Å². The molecule has 53 heavy (non-hydrogen) atoms. The van der Waals surface area contributed by atoms with Crippen LogP contribution < -0.4 is 0 Å². The van der Waals surface area contributed by atoms with Crippen LogP contribution in [0.4, 0.5) is 0 Å². The van der Waals surface area contributed by atoms with Gasteiger partial charge >= 0.3 is 11.9 Å². The fourth-order valence-corrected chi connectivity index (χ4v) is 5.84. The minimum absolute atomic E-state index is 0.0285. The molecule has 0 saturated carbocycles. The molecule has 0 unspecified atom stereocenters. The number of aliphatic hydroxyl groups excluding tert-OH is 4. The molecule has 8 nitrogen and oxygen atoms in total. The van der Waals surface area contributed by atoms with Gasteiger partial charge in [-0.05, 0) is 32.1 Å². The molecule has 4 N–H and O–H groups in total. The zero-order valence-electron chi connectivity index (χ0n) is 33.6. The molecular weight excluding hydrogens is 668 g/mol. The molecule has 8 heteroatoms. The lowest BCUT2D eigenvalue weighted by molar-refractivity contribution is -0.161. The van der Waals surface area contributed by atoms with Crippen molar-refractivity contribution >= 4 is 11.9 Å².